The first-order valence-electron chi connectivity index (χ1n) is 17.1. The Morgan fingerprint density at radius 3 is 2.38 bits per heavy atom. The zero-order chi connectivity index (χ0) is 33.5. The van der Waals surface area contributed by atoms with Crippen molar-refractivity contribution in [3.63, 3.8) is 0 Å². The average Bonchev–Trinajstić information content (AvgIpc) is 3.60. The van der Waals surface area contributed by atoms with Crippen LogP contribution in [0, 0.1) is 23.0 Å². The number of phenolic OH excluding ortho intramolecular Hbond substituents is 1. The summed E-state index contributed by atoms with van der Waals surface area (Å²) in [7, 11) is 0. The predicted octanol–water partition coefficient (Wildman–Crippen LogP) is 8.64. The Hall–Kier alpha value is -3.69. The van der Waals surface area contributed by atoms with Crippen LogP contribution in [-0.4, -0.2) is 60.2 Å². The molecule has 1 unspecified atom stereocenters. The van der Waals surface area contributed by atoms with Gasteiger partial charge in [-0.25, -0.2) is 13.6 Å². The van der Waals surface area contributed by atoms with Crippen LogP contribution in [0.25, 0.3) is 0 Å². The molecule has 0 saturated carbocycles. The first-order chi connectivity index (χ1) is 22.3. The molecule has 47 heavy (non-hydrogen) atoms. The van der Waals surface area contributed by atoms with Gasteiger partial charge in [0.25, 0.3) is 0 Å². The van der Waals surface area contributed by atoms with Crippen LogP contribution in [-0.2, 0) is 5.41 Å². The van der Waals surface area contributed by atoms with Gasteiger partial charge in [0.2, 0.25) is 0 Å². The molecule has 0 aromatic heterocycles. The van der Waals surface area contributed by atoms with Gasteiger partial charge in [0.05, 0.1) is 17.1 Å². The quantitative estimate of drug-likeness (QED) is 0.240. The number of halogens is 2. The van der Waals surface area contributed by atoms with Crippen molar-refractivity contribution in [2.24, 2.45) is 11.3 Å². The molecule has 9 heteroatoms. The summed E-state index contributed by atoms with van der Waals surface area (Å²) in [4.78, 5) is 20.0. The summed E-state index contributed by atoms with van der Waals surface area (Å²) in [5.41, 5.74) is 3.02. The number of urea groups is 1. The first kappa shape index (κ1) is 33.2. The van der Waals surface area contributed by atoms with Gasteiger partial charge < -0.3 is 25.5 Å². The summed E-state index contributed by atoms with van der Waals surface area (Å²) >= 11 is 0. The SMILES string of the molecule is CC(C)CN1CCCC1c1ccc(NC(=O)Nc2ccccc2N2CC3(CCN(CC(C)(C)C)CC3)c3c(F)cc(F)c(O)c32)cc1. The number of likely N-dealkylation sites (tertiary alicyclic amines) is 2. The van der Waals surface area contributed by atoms with Crippen LogP contribution in [0.1, 0.15) is 77.5 Å². The van der Waals surface area contributed by atoms with Gasteiger partial charge in [-0.2, -0.15) is 0 Å². The Bertz CT molecular complexity index is 1590. The second-order valence-corrected chi connectivity index (χ2v) is 15.4. The smallest absolute Gasteiger partial charge is 0.323 e. The number of aromatic hydroxyl groups is 1. The highest BCUT2D eigenvalue weighted by Gasteiger charge is 2.49. The number of piperidine rings is 1. The van der Waals surface area contributed by atoms with Crippen molar-refractivity contribution in [1.82, 2.24) is 9.80 Å². The molecule has 0 bridgehead atoms. The van der Waals surface area contributed by atoms with E-state index in [1.54, 1.807) is 11.0 Å². The number of para-hydroxylation sites is 2. The number of amides is 2. The van der Waals surface area contributed by atoms with Gasteiger partial charge in [0.15, 0.2) is 11.6 Å². The highest BCUT2D eigenvalue weighted by atomic mass is 19.1. The molecule has 0 aliphatic carbocycles. The van der Waals surface area contributed by atoms with Crippen molar-refractivity contribution in [2.45, 2.75) is 71.8 Å². The van der Waals surface area contributed by atoms with E-state index in [9.17, 15) is 14.3 Å². The number of hydrogen-bond acceptors (Lipinski definition) is 5. The molecule has 3 aromatic carbocycles. The normalized spacial score (nSPS) is 19.8. The molecule has 3 aromatic rings. The fourth-order valence-electron chi connectivity index (χ4n) is 8.03. The largest absolute Gasteiger partial charge is 0.503 e. The second-order valence-electron chi connectivity index (χ2n) is 15.4. The molecule has 2 saturated heterocycles. The minimum atomic E-state index is -0.995. The third-order valence-electron chi connectivity index (χ3n) is 9.91. The number of fused-ring (bicyclic) bond motifs is 2. The van der Waals surface area contributed by atoms with Crippen LogP contribution in [0.2, 0.25) is 0 Å². The standard InChI is InChI=1S/C38H49F2N5O2/c1-25(2)22-44-18-8-11-31(44)26-12-14-27(15-13-26)41-36(47)42-30-9-6-7-10-32(30)45-24-38(16-19-43(20-17-38)23-37(3,4)5)33-28(39)21-29(40)35(46)34(33)45/h6-7,9-10,12-15,21,25,31,46H,8,11,16-20,22-24H2,1-5H3,(H2,41,42,47). The number of rotatable bonds is 7. The van der Waals surface area contributed by atoms with Crippen LogP contribution >= 0.6 is 0 Å². The van der Waals surface area contributed by atoms with Crippen LogP contribution < -0.4 is 15.5 Å². The van der Waals surface area contributed by atoms with Gasteiger partial charge in [0, 0.05) is 48.4 Å². The molecule has 3 N–H and O–H groups in total. The molecule has 3 aliphatic rings. The monoisotopic (exact) mass is 645 g/mol. The number of nitrogens with zero attached hydrogens (tertiary/aromatic N) is 3. The molecule has 7 nitrogen and oxygen atoms in total. The first-order valence-corrected chi connectivity index (χ1v) is 17.1. The van der Waals surface area contributed by atoms with E-state index in [-0.39, 0.29) is 11.1 Å². The number of anilines is 4. The summed E-state index contributed by atoms with van der Waals surface area (Å²) in [5, 5.41) is 16.9. The van der Waals surface area contributed by atoms with Crippen molar-refractivity contribution in [1.29, 1.82) is 0 Å². The van der Waals surface area contributed by atoms with Gasteiger partial charge in [0.1, 0.15) is 5.82 Å². The molecule has 0 radical (unpaired) electrons. The fraction of sp³-hybridized carbons (Fsp3) is 0.500. The molecule has 3 aliphatic heterocycles. The van der Waals surface area contributed by atoms with Gasteiger partial charge >= 0.3 is 6.03 Å². The van der Waals surface area contributed by atoms with E-state index >= 15 is 4.39 Å². The highest BCUT2D eigenvalue weighted by molar-refractivity contribution is 6.02. The fourth-order valence-corrected chi connectivity index (χ4v) is 8.03. The molecular weight excluding hydrogens is 596 g/mol. The number of nitrogens with one attached hydrogen (secondary N) is 2. The highest BCUT2D eigenvalue weighted by Crippen LogP contribution is 2.55. The number of carbonyl (C=O) groups is 1. The lowest BCUT2D eigenvalue weighted by molar-refractivity contribution is 0.124. The summed E-state index contributed by atoms with van der Waals surface area (Å²) in [6.07, 6.45) is 3.68. The van der Waals surface area contributed by atoms with Crippen LogP contribution in [0.4, 0.5) is 36.3 Å². The lowest BCUT2D eigenvalue weighted by atomic mass is 9.73. The van der Waals surface area contributed by atoms with Gasteiger partial charge in [-0.1, -0.05) is 58.9 Å². The Labute approximate surface area is 277 Å². The summed E-state index contributed by atoms with van der Waals surface area (Å²) in [5.74, 6) is -1.59. The summed E-state index contributed by atoms with van der Waals surface area (Å²) in [6, 6.07) is 16.0. The maximum absolute atomic E-state index is 15.7. The molecule has 2 amide bonds. The molecule has 252 valence electrons. The Balaban J connectivity index is 1.21. The van der Waals surface area contributed by atoms with Crippen molar-refractivity contribution >= 4 is 28.8 Å². The van der Waals surface area contributed by atoms with Crippen molar-refractivity contribution in [3.05, 3.63) is 77.4 Å². The van der Waals surface area contributed by atoms with Gasteiger partial charge in [-0.15, -0.1) is 0 Å². The van der Waals surface area contributed by atoms with Crippen LogP contribution in [0.5, 0.6) is 5.75 Å². The minimum absolute atomic E-state index is 0.134. The second kappa shape index (κ2) is 13.1. The van der Waals surface area contributed by atoms with Gasteiger partial charge in [-0.05, 0) is 86.5 Å². The molecule has 1 spiro atoms. The lowest BCUT2D eigenvalue weighted by Gasteiger charge is -2.42. The zero-order valence-electron chi connectivity index (χ0n) is 28.4. The molecule has 1 atom stereocenters. The van der Waals surface area contributed by atoms with Crippen LogP contribution in [0.15, 0.2) is 54.6 Å². The average molecular weight is 646 g/mol. The Morgan fingerprint density at radius 1 is 1.00 bits per heavy atom. The van der Waals surface area contributed by atoms with Crippen molar-refractivity contribution in [2.75, 3.05) is 54.8 Å². The summed E-state index contributed by atoms with van der Waals surface area (Å²) < 4.78 is 30.6. The van der Waals surface area contributed by atoms with Gasteiger partial charge in [-0.3, -0.25) is 4.90 Å². The number of benzene rings is 3. The van der Waals surface area contributed by atoms with E-state index in [4.69, 9.17) is 0 Å². The molecule has 2 fully saturated rings. The Morgan fingerprint density at radius 2 is 1.70 bits per heavy atom. The maximum atomic E-state index is 15.7. The van der Waals surface area contributed by atoms with E-state index in [0.717, 1.165) is 45.2 Å². The van der Waals surface area contributed by atoms with Crippen molar-refractivity contribution in [3.8, 4) is 5.75 Å². The van der Waals surface area contributed by atoms with E-state index < -0.39 is 28.8 Å². The zero-order valence-corrected chi connectivity index (χ0v) is 28.4. The third-order valence-corrected chi connectivity index (χ3v) is 9.91. The predicted molar refractivity (Wildman–Crippen MR) is 186 cm³/mol. The summed E-state index contributed by atoms with van der Waals surface area (Å²) in [6.45, 7) is 16.1. The van der Waals surface area contributed by atoms with Crippen LogP contribution in [0.3, 0.4) is 0 Å². The van der Waals surface area contributed by atoms with E-state index in [0.29, 0.717) is 54.0 Å². The molecule has 6 rings (SSSR count). The minimum Gasteiger partial charge on any atom is -0.503 e. The Kier molecular flexibility index (Phi) is 9.24. The third kappa shape index (κ3) is 6.97. The van der Waals surface area contributed by atoms with E-state index in [2.05, 4.69) is 67.2 Å². The molecular formula is C38H49F2N5O2. The molecule has 3 heterocycles. The van der Waals surface area contributed by atoms with E-state index in [1.807, 2.05) is 30.3 Å². The van der Waals surface area contributed by atoms with Crippen molar-refractivity contribution < 1.29 is 18.7 Å². The number of hydrogen-bond donors (Lipinski definition) is 3. The lowest BCUT2D eigenvalue weighted by Crippen LogP contribution is -2.47. The number of carbonyl (C=O) groups excluding carboxylic acids is 1. The maximum Gasteiger partial charge on any atom is 0.323 e. The topological polar surface area (TPSA) is 71.1 Å². The number of phenols is 1. The van der Waals surface area contributed by atoms with E-state index in [1.165, 1.54) is 12.0 Å².